The summed E-state index contributed by atoms with van der Waals surface area (Å²) in [4.78, 5) is 17.3. The third-order valence-electron chi connectivity index (χ3n) is 2.58. The van der Waals surface area contributed by atoms with E-state index >= 15 is 0 Å². The molecular formula is C12H14N2O2. The Bertz CT molecular complexity index is 389. The van der Waals surface area contributed by atoms with Crippen molar-refractivity contribution in [3.8, 4) is 0 Å². The number of carbonyl (C=O) groups excluding carboxylic acids is 1. The molecule has 1 fully saturated rings. The zero-order valence-electron chi connectivity index (χ0n) is 8.91. The number of aliphatic hydroxyl groups excluding tert-OH is 1. The largest absolute Gasteiger partial charge is 0.391 e. The van der Waals surface area contributed by atoms with Crippen molar-refractivity contribution in [1.82, 2.24) is 9.88 Å². The highest BCUT2D eigenvalue weighted by Gasteiger charge is 2.22. The maximum atomic E-state index is 11.7. The van der Waals surface area contributed by atoms with Gasteiger partial charge in [0, 0.05) is 31.6 Å². The molecule has 84 valence electrons. The van der Waals surface area contributed by atoms with Crippen LogP contribution in [0.2, 0.25) is 0 Å². The summed E-state index contributed by atoms with van der Waals surface area (Å²) in [7, 11) is 0. The molecule has 0 saturated carbocycles. The molecule has 0 aliphatic carbocycles. The molecular weight excluding hydrogens is 204 g/mol. The zero-order chi connectivity index (χ0) is 11.4. The number of β-amino-alcohol motifs (C(OH)–C–C–N with tert-alkyl or cyclic N) is 1. The highest BCUT2D eigenvalue weighted by molar-refractivity contribution is 5.91. The molecule has 16 heavy (non-hydrogen) atoms. The highest BCUT2D eigenvalue weighted by Crippen LogP contribution is 2.09. The van der Waals surface area contributed by atoms with E-state index in [2.05, 4.69) is 4.98 Å². The summed E-state index contributed by atoms with van der Waals surface area (Å²) >= 11 is 0. The number of hydrogen-bond donors (Lipinski definition) is 1. The standard InChI is InChI=1S/C12H14N2O2/c15-11-5-7-14(9-11)12(16)4-3-10-2-1-6-13-8-10/h1-4,6,8,11,15H,5,7,9H2. The molecule has 1 unspecified atom stereocenters. The van der Waals surface area contributed by atoms with Gasteiger partial charge in [-0.1, -0.05) is 6.07 Å². The molecule has 1 aliphatic rings. The Morgan fingerprint density at radius 2 is 2.50 bits per heavy atom. The van der Waals surface area contributed by atoms with Gasteiger partial charge < -0.3 is 10.0 Å². The number of nitrogens with zero attached hydrogens (tertiary/aromatic N) is 2. The zero-order valence-corrected chi connectivity index (χ0v) is 8.91. The molecule has 1 atom stereocenters. The predicted molar refractivity (Wildman–Crippen MR) is 60.5 cm³/mol. The van der Waals surface area contributed by atoms with Gasteiger partial charge in [-0.2, -0.15) is 0 Å². The van der Waals surface area contributed by atoms with Crippen molar-refractivity contribution in [2.45, 2.75) is 12.5 Å². The molecule has 0 bridgehead atoms. The van der Waals surface area contributed by atoms with Crippen LogP contribution < -0.4 is 0 Å². The van der Waals surface area contributed by atoms with Gasteiger partial charge >= 0.3 is 0 Å². The number of hydrogen-bond acceptors (Lipinski definition) is 3. The van der Waals surface area contributed by atoms with E-state index in [1.165, 1.54) is 6.08 Å². The quantitative estimate of drug-likeness (QED) is 0.743. The lowest BCUT2D eigenvalue weighted by Gasteiger charge is -2.12. The average Bonchev–Trinajstić information content (AvgIpc) is 2.74. The Labute approximate surface area is 94.2 Å². The van der Waals surface area contributed by atoms with Crippen LogP contribution in [0.5, 0.6) is 0 Å². The van der Waals surface area contributed by atoms with Crippen molar-refractivity contribution < 1.29 is 9.90 Å². The summed E-state index contributed by atoms with van der Waals surface area (Å²) in [6.45, 7) is 1.08. The van der Waals surface area contributed by atoms with E-state index in [0.717, 1.165) is 5.56 Å². The van der Waals surface area contributed by atoms with Gasteiger partial charge in [0.1, 0.15) is 0 Å². The smallest absolute Gasteiger partial charge is 0.246 e. The maximum absolute atomic E-state index is 11.7. The van der Waals surface area contributed by atoms with Gasteiger partial charge in [-0.25, -0.2) is 0 Å². The van der Waals surface area contributed by atoms with Gasteiger partial charge in [-0.05, 0) is 24.1 Å². The van der Waals surface area contributed by atoms with E-state index in [-0.39, 0.29) is 12.0 Å². The summed E-state index contributed by atoms with van der Waals surface area (Å²) in [5.41, 5.74) is 0.899. The second kappa shape index (κ2) is 4.90. The van der Waals surface area contributed by atoms with Crippen molar-refractivity contribution in [2.24, 2.45) is 0 Å². The summed E-state index contributed by atoms with van der Waals surface area (Å²) < 4.78 is 0. The summed E-state index contributed by atoms with van der Waals surface area (Å²) in [6.07, 6.45) is 6.95. The van der Waals surface area contributed by atoms with E-state index < -0.39 is 0 Å². The van der Waals surface area contributed by atoms with Crippen LogP contribution in [-0.4, -0.2) is 40.1 Å². The Morgan fingerprint density at radius 1 is 1.62 bits per heavy atom. The summed E-state index contributed by atoms with van der Waals surface area (Å²) in [5, 5.41) is 9.31. The number of likely N-dealkylation sites (tertiary alicyclic amines) is 1. The van der Waals surface area contributed by atoms with Crippen LogP contribution in [0.4, 0.5) is 0 Å². The number of rotatable bonds is 2. The molecule has 2 rings (SSSR count). The topological polar surface area (TPSA) is 53.4 Å². The molecule has 0 aromatic carbocycles. The minimum Gasteiger partial charge on any atom is -0.391 e. The second-order valence-corrected chi connectivity index (χ2v) is 3.85. The van der Waals surface area contributed by atoms with Crippen molar-refractivity contribution >= 4 is 12.0 Å². The molecule has 1 saturated heterocycles. The van der Waals surface area contributed by atoms with Crippen LogP contribution in [0.3, 0.4) is 0 Å². The lowest BCUT2D eigenvalue weighted by Crippen LogP contribution is -2.27. The third-order valence-corrected chi connectivity index (χ3v) is 2.58. The average molecular weight is 218 g/mol. The summed E-state index contributed by atoms with van der Waals surface area (Å²) in [5.74, 6) is -0.0552. The van der Waals surface area contributed by atoms with Gasteiger partial charge in [-0.15, -0.1) is 0 Å². The van der Waals surface area contributed by atoms with Crippen LogP contribution in [-0.2, 0) is 4.79 Å². The van der Waals surface area contributed by atoms with Gasteiger partial charge in [-0.3, -0.25) is 9.78 Å². The maximum Gasteiger partial charge on any atom is 0.246 e. The molecule has 1 amide bonds. The summed E-state index contributed by atoms with van der Waals surface area (Å²) in [6, 6.07) is 3.71. The lowest BCUT2D eigenvalue weighted by atomic mass is 10.2. The SMILES string of the molecule is O=C(C=Cc1cccnc1)N1CCC(O)C1. The van der Waals surface area contributed by atoms with Gasteiger partial charge in [0.25, 0.3) is 0 Å². The first-order valence-corrected chi connectivity index (χ1v) is 5.31. The first-order chi connectivity index (χ1) is 7.75. The Balaban J connectivity index is 1.95. The lowest BCUT2D eigenvalue weighted by molar-refractivity contribution is -0.125. The van der Waals surface area contributed by atoms with Crippen molar-refractivity contribution in [2.75, 3.05) is 13.1 Å². The van der Waals surface area contributed by atoms with Crippen LogP contribution in [0.1, 0.15) is 12.0 Å². The monoisotopic (exact) mass is 218 g/mol. The minimum atomic E-state index is -0.365. The molecule has 1 aromatic rings. The number of carbonyl (C=O) groups is 1. The number of pyridine rings is 1. The van der Waals surface area contributed by atoms with Crippen LogP contribution in [0, 0.1) is 0 Å². The van der Waals surface area contributed by atoms with Crippen molar-refractivity contribution in [3.05, 3.63) is 36.2 Å². The number of aliphatic hydroxyl groups is 1. The normalized spacial score (nSPS) is 20.6. The van der Waals surface area contributed by atoms with Crippen LogP contribution in [0.25, 0.3) is 6.08 Å². The van der Waals surface area contributed by atoms with E-state index in [1.54, 1.807) is 23.4 Å². The van der Waals surface area contributed by atoms with Crippen molar-refractivity contribution in [3.63, 3.8) is 0 Å². The fourth-order valence-electron chi connectivity index (χ4n) is 1.69. The number of aromatic nitrogens is 1. The van der Waals surface area contributed by atoms with Gasteiger partial charge in [0.05, 0.1) is 6.10 Å². The van der Waals surface area contributed by atoms with Crippen LogP contribution in [0.15, 0.2) is 30.6 Å². The molecule has 2 heterocycles. The van der Waals surface area contributed by atoms with E-state index in [1.807, 2.05) is 12.1 Å². The first kappa shape index (κ1) is 10.8. The Hall–Kier alpha value is -1.68. The van der Waals surface area contributed by atoms with Gasteiger partial charge in [0.15, 0.2) is 0 Å². The van der Waals surface area contributed by atoms with E-state index in [0.29, 0.717) is 19.5 Å². The predicted octanol–water partition coefficient (Wildman–Crippen LogP) is 0.688. The highest BCUT2D eigenvalue weighted by atomic mass is 16.3. The number of amides is 1. The molecule has 1 aromatic heterocycles. The van der Waals surface area contributed by atoms with Crippen molar-refractivity contribution in [1.29, 1.82) is 0 Å². The Kier molecular flexibility index (Phi) is 3.31. The Morgan fingerprint density at radius 3 is 3.12 bits per heavy atom. The second-order valence-electron chi connectivity index (χ2n) is 3.85. The first-order valence-electron chi connectivity index (χ1n) is 5.31. The minimum absolute atomic E-state index is 0.0552. The molecule has 1 aliphatic heterocycles. The molecule has 0 spiro atoms. The van der Waals surface area contributed by atoms with E-state index in [9.17, 15) is 9.90 Å². The molecule has 0 radical (unpaired) electrons. The van der Waals surface area contributed by atoms with E-state index in [4.69, 9.17) is 0 Å². The molecule has 1 N–H and O–H groups in total. The van der Waals surface area contributed by atoms with Gasteiger partial charge in [0.2, 0.25) is 5.91 Å². The molecule has 4 nitrogen and oxygen atoms in total. The fraction of sp³-hybridized carbons (Fsp3) is 0.333. The molecule has 4 heteroatoms. The third kappa shape index (κ3) is 2.67. The fourth-order valence-corrected chi connectivity index (χ4v) is 1.69. The van der Waals surface area contributed by atoms with Crippen LogP contribution >= 0.6 is 0 Å².